The summed E-state index contributed by atoms with van der Waals surface area (Å²) in [6, 6.07) is 7.58. The minimum Gasteiger partial charge on any atom is -0.497 e. The van der Waals surface area contributed by atoms with Crippen molar-refractivity contribution in [3.8, 4) is 5.75 Å². The van der Waals surface area contributed by atoms with Gasteiger partial charge in [-0.2, -0.15) is 4.98 Å². The molecule has 7 heteroatoms. The fourth-order valence-corrected chi connectivity index (χ4v) is 3.92. The molecule has 1 aromatic heterocycles. The van der Waals surface area contributed by atoms with Crippen LogP contribution in [0.25, 0.3) is 0 Å². The number of hydrogen-bond donors (Lipinski definition) is 1. The summed E-state index contributed by atoms with van der Waals surface area (Å²) in [6.07, 6.45) is 3.38. The number of benzene rings is 1. The Morgan fingerprint density at radius 1 is 1.28 bits per heavy atom. The van der Waals surface area contributed by atoms with E-state index in [9.17, 15) is 4.79 Å². The number of nitrogens with one attached hydrogen (secondary N) is 1. The molecule has 0 saturated heterocycles. The molecule has 0 saturated carbocycles. The lowest BCUT2D eigenvalue weighted by molar-refractivity contribution is -0.117. The number of aromatic nitrogens is 3. The summed E-state index contributed by atoms with van der Waals surface area (Å²) in [5.74, 6) is 2.02. The number of Topliss-reactive ketones (excluding diaryl/α,β-unsaturated/α-hetero) is 1. The van der Waals surface area contributed by atoms with Crippen LogP contribution < -0.4 is 10.1 Å². The Kier molecular flexibility index (Phi) is 4.03. The Balaban J connectivity index is 1.87. The Labute approximate surface area is 150 Å². The van der Waals surface area contributed by atoms with Crippen molar-refractivity contribution in [3.05, 3.63) is 41.1 Å². The largest absolute Gasteiger partial charge is 0.497 e. The topological polar surface area (TPSA) is 69.0 Å². The molecule has 130 valence electrons. The maximum atomic E-state index is 12.8. The minimum absolute atomic E-state index is 0.189. The number of methoxy groups -OCH3 is 1. The van der Waals surface area contributed by atoms with Gasteiger partial charge >= 0.3 is 0 Å². The van der Waals surface area contributed by atoms with Crippen molar-refractivity contribution < 1.29 is 9.53 Å². The zero-order chi connectivity index (χ0) is 17.6. The molecule has 0 unspecified atom stereocenters. The normalized spacial score (nSPS) is 22.3. The van der Waals surface area contributed by atoms with Crippen LogP contribution in [0.4, 0.5) is 5.95 Å². The molecule has 1 aliphatic heterocycles. The van der Waals surface area contributed by atoms with Gasteiger partial charge in [0.15, 0.2) is 5.78 Å². The summed E-state index contributed by atoms with van der Waals surface area (Å²) in [6.45, 7) is 2.11. The number of allylic oxidation sites excluding steroid dienone is 2. The Hall–Kier alpha value is -2.28. The van der Waals surface area contributed by atoms with Crippen molar-refractivity contribution in [1.29, 1.82) is 0 Å². The molecule has 0 spiro atoms. The number of ether oxygens (including phenoxy) is 1. The van der Waals surface area contributed by atoms with Gasteiger partial charge in [0.1, 0.15) is 11.8 Å². The zero-order valence-electron chi connectivity index (χ0n) is 14.4. The van der Waals surface area contributed by atoms with Crippen molar-refractivity contribution >= 4 is 23.5 Å². The van der Waals surface area contributed by atoms with E-state index in [2.05, 4.69) is 22.3 Å². The standard InChI is InChI=1S/C18H20N4O2S/c1-10-8-13-15(14(23)9-10)16(11-4-6-12(24-2)7-5-11)22-17(19-13)20-18(21-22)25-3/h4-7,10,16H,8-9H2,1-3H3,(H,19,20,21)/t10-,16-/m0/s1. The molecular weight excluding hydrogens is 336 g/mol. The molecule has 2 heterocycles. The number of anilines is 1. The summed E-state index contributed by atoms with van der Waals surface area (Å²) in [5.41, 5.74) is 2.81. The van der Waals surface area contributed by atoms with Crippen LogP contribution in [0.3, 0.4) is 0 Å². The lowest BCUT2D eigenvalue weighted by Gasteiger charge is -2.34. The van der Waals surface area contributed by atoms with Crippen LogP contribution in [-0.4, -0.2) is 33.9 Å². The molecule has 2 aromatic rings. The third-order valence-corrected chi connectivity index (χ3v) is 5.26. The van der Waals surface area contributed by atoms with Gasteiger partial charge in [-0.1, -0.05) is 30.8 Å². The molecule has 6 nitrogen and oxygen atoms in total. The first-order valence-corrected chi connectivity index (χ1v) is 9.51. The summed E-state index contributed by atoms with van der Waals surface area (Å²) < 4.78 is 7.09. The number of rotatable bonds is 3. The lowest BCUT2D eigenvalue weighted by Crippen LogP contribution is -2.33. The number of hydrogen-bond acceptors (Lipinski definition) is 6. The van der Waals surface area contributed by atoms with Crippen LogP contribution in [0.15, 0.2) is 40.7 Å². The maximum Gasteiger partial charge on any atom is 0.227 e. The number of carbonyl (C=O) groups is 1. The van der Waals surface area contributed by atoms with E-state index in [0.29, 0.717) is 23.4 Å². The van der Waals surface area contributed by atoms with Gasteiger partial charge in [-0.05, 0) is 36.3 Å². The highest BCUT2D eigenvalue weighted by molar-refractivity contribution is 7.98. The first-order chi connectivity index (χ1) is 12.1. The fourth-order valence-electron chi connectivity index (χ4n) is 3.57. The third kappa shape index (κ3) is 2.72. The van der Waals surface area contributed by atoms with Crippen molar-refractivity contribution in [2.75, 3.05) is 18.7 Å². The van der Waals surface area contributed by atoms with Crippen LogP contribution in [-0.2, 0) is 4.79 Å². The second-order valence-electron chi connectivity index (χ2n) is 6.50. The third-order valence-electron chi connectivity index (χ3n) is 4.72. The number of ketones is 1. The monoisotopic (exact) mass is 356 g/mol. The molecule has 0 radical (unpaired) electrons. The fraction of sp³-hybridized carbons (Fsp3) is 0.389. The van der Waals surface area contributed by atoms with Crippen LogP contribution >= 0.6 is 11.8 Å². The van der Waals surface area contributed by atoms with E-state index in [0.717, 1.165) is 29.0 Å². The highest BCUT2D eigenvalue weighted by Crippen LogP contribution is 2.41. The minimum atomic E-state index is -0.245. The summed E-state index contributed by atoms with van der Waals surface area (Å²) in [7, 11) is 1.65. The number of nitrogens with zero attached hydrogens (tertiary/aromatic N) is 3. The van der Waals surface area contributed by atoms with Crippen LogP contribution in [0.5, 0.6) is 5.75 Å². The van der Waals surface area contributed by atoms with E-state index in [1.165, 1.54) is 11.8 Å². The molecule has 4 rings (SSSR count). The molecule has 0 fully saturated rings. The van der Waals surface area contributed by atoms with Gasteiger partial charge in [0.05, 0.1) is 7.11 Å². The van der Waals surface area contributed by atoms with Gasteiger partial charge in [0, 0.05) is 17.7 Å². The van der Waals surface area contributed by atoms with Crippen LogP contribution in [0.1, 0.15) is 31.4 Å². The van der Waals surface area contributed by atoms with Gasteiger partial charge in [-0.3, -0.25) is 4.79 Å². The summed E-state index contributed by atoms with van der Waals surface area (Å²) in [4.78, 5) is 17.4. The van der Waals surface area contributed by atoms with Gasteiger partial charge in [-0.15, -0.1) is 5.10 Å². The van der Waals surface area contributed by atoms with Crippen LogP contribution in [0, 0.1) is 5.92 Å². The van der Waals surface area contributed by atoms with Gasteiger partial charge in [-0.25, -0.2) is 4.68 Å². The lowest BCUT2D eigenvalue weighted by atomic mass is 9.81. The first kappa shape index (κ1) is 16.2. The van der Waals surface area contributed by atoms with Crippen molar-refractivity contribution in [2.24, 2.45) is 5.92 Å². The number of fused-ring (bicyclic) bond motifs is 1. The van der Waals surface area contributed by atoms with Crippen LogP contribution in [0.2, 0.25) is 0 Å². The predicted molar refractivity (Wildman–Crippen MR) is 97.0 cm³/mol. The highest BCUT2D eigenvalue weighted by atomic mass is 32.2. The molecule has 2 aliphatic rings. The Bertz CT molecular complexity index is 856. The molecule has 1 aromatic carbocycles. The van der Waals surface area contributed by atoms with E-state index in [-0.39, 0.29) is 11.8 Å². The average molecular weight is 356 g/mol. The zero-order valence-corrected chi connectivity index (χ0v) is 15.3. The second kappa shape index (κ2) is 6.22. The second-order valence-corrected chi connectivity index (χ2v) is 7.27. The van der Waals surface area contributed by atoms with E-state index < -0.39 is 0 Å². The average Bonchev–Trinajstić information content (AvgIpc) is 3.02. The quantitative estimate of drug-likeness (QED) is 0.851. The highest BCUT2D eigenvalue weighted by Gasteiger charge is 2.38. The van der Waals surface area contributed by atoms with Gasteiger partial charge in [0.2, 0.25) is 11.1 Å². The van der Waals surface area contributed by atoms with Crippen molar-refractivity contribution in [1.82, 2.24) is 14.8 Å². The van der Waals surface area contributed by atoms with E-state index in [4.69, 9.17) is 4.74 Å². The van der Waals surface area contributed by atoms with Gasteiger partial charge < -0.3 is 10.1 Å². The Morgan fingerprint density at radius 3 is 2.72 bits per heavy atom. The Morgan fingerprint density at radius 2 is 2.04 bits per heavy atom. The van der Waals surface area contributed by atoms with Gasteiger partial charge in [0.25, 0.3) is 0 Å². The maximum absolute atomic E-state index is 12.8. The molecule has 2 atom stereocenters. The molecular formula is C18H20N4O2S. The molecule has 0 bridgehead atoms. The molecule has 25 heavy (non-hydrogen) atoms. The number of thioether (sulfide) groups is 1. The van der Waals surface area contributed by atoms with Crippen molar-refractivity contribution in [2.45, 2.75) is 31.0 Å². The number of carbonyl (C=O) groups excluding carboxylic acids is 1. The first-order valence-electron chi connectivity index (χ1n) is 8.28. The van der Waals surface area contributed by atoms with E-state index >= 15 is 0 Å². The summed E-state index contributed by atoms with van der Waals surface area (Å²) in [5, 5.41) is 8.65. The van der Waals surface area contributed by atoms with Crippen molar-refractivity contribution in [3.63, 3.8) is 0 Å². The SMILES string of the molecule is COc1ccc([C@H]2C3=C(C[C@H](C)CC3=O)Nc3nc(SC)nn32)cc1. The molecule has 1 aliphatic carbocycles. The summed E-state index contributed by atoms with van der Waals surface area (Å²) >= 11 is 1.49. The smallest absolute Gasteiger partial charge is 0.227 e. The van der Waals surface area contributed by atoms with E-state index in [1.54, 1.807) is 7.11 Å². The van der Waals surface area contributed by atoms with E-state index in [1.807, 2.05) is 35.2 Å². The predicted octanol–water partition coefficient (Wildman–Crippen LogP) is 3.28. The molecule has 1 N–H and O–H groups in total. The molecule has 0 amide bonds.